The van der Waals surface area contributed by atoms with E-state index in [0.717, 1.165) is 44.9 Å². The molecule has 0 aromatic rings. The van der Waals surface area contributed by atoms with E-state index < -0.39 is 0 Å². The highest BCUT2D eigenvalue weighted by Gasteiger charge is 2.38. The van der Waals surface area contributed by atoms with Gasteiger partial charge in [0.05, 0.1) is 12.1 Å². The average Bonchev–Trinajstić information content (AvgIpc) is 2.73. The van der Waals surface area contributed by atoms with Crippen LogP contribution < -0.4 is 0 Å². The largest absolute Gasteiger partial charge is 0.447 e. The van der Waals surface area contributed by atoms with Gasteiger partial charge in [0.15, 0.2) is 0 Å². The van der Waals surface area contributed by atoms with Gasteiger partial charge in [-0.15, -0.1) is 11.6 Å². The van der Waals surface area contributed by atoms with Gasteiger partial charge in [-0.1, -0.05) is 0 Å². The number of hydrogen-bond acceptors (Lipinski definition) is 4. The number of rotatable bonds is 1. The van der Waals surface area contributed by atoms with Gasteiger partial charge in [0.1, 0.15) is 12.2 Å². The summed E-state index contributed by atoms with van der Waals surface area (Å²) in [4.78, 5) is 4.51. The summed E-state index contributed by atoms with van der Waals surface area (Å²) in [6.45, 7) is 0. The third-order valence-corrected chi connectivity index (χ3v) is 4.52. The molecule has 3 atom stereocenters. The molecule has 2 aliphatic carbocycles. The molecule has 4 nitrogen and oxygen atoms in total. The predicted octanol–water partition coefficient (Wildman–Crippen LogP) is 2.22. The van der Waals surface area contributed by atoms with E-state index in [4.69, 9.17) is 21.1 Å². The number of halogens is 1. The molecule has 0 aromatic heterocycles. The maximum absolute atomic E-state index is 9.45. The molecule has 5 heteroatoms. The Bertz CT molecular complexity index is 328. The third-order valence-electron chi connectivity index (χ3n) is 4.13. The Morgan fingerprint density at radius 2 is 1.94 bits per heavy atom. The number of alkyl halides is 1. The average molecular weight is 274 g/mol. The smallest absolute Gasteiger partial charge is 0.384 e. The summed E-state index contributed by atoms with van der Waals surface area (Å²) in [5, 5.41) is 9.67. The van der Waals surface area contributed by atoms with E-state index in [-0.39, 0.29) is 29.7 Å². The minimum absolute atomic E-state index is 0.116. The highest BCUT2D eigenvalue weighted by atomic mass is 35.5. The Balaban J connectivity index is 1.52. The second-order valence-electron chi connectivity index (χ2n) is 5.58. The standard InChI is InChI=1S/C13H20ClNO3/c14-8-1-6-11-12(7-8)18-13(15-11)17-10-4-2-9(16)3-5-10/h8-12,16H,1-7H2. The molecular weight excluding hydrogens is 254 g/mol. The third kappa shape index (κ3) is 2.75. The Hall–Kier alpha value is -0.480. The zero-order valence-corrected chi connectivity index (χ0v) is 11.2. The topological polar surface area (TPSA) is 51.0 Å². The molecule has 3 rings (SSSR count). The molecule has 0 radical (unpaired) electrons. The van der Waals surface area contributed by atoms with Gasteiger partial charge in [-0.3, -0.25) is 0 Å². The number of nitrogens with zero attached hydrogens (tertiary/aromatic N) is 1. The molecule has 1 aliphatic heterocycles. The Morgan fingerprint density at radius 3 is 2.72 bits per heavy atom. The van der Waals surface area contributed by atoms with Gasteiger partial charge >= 0.3 is 6.08 Å². The molecule has 2 saturated carbocycles. The number of aliphatic hydroxyl groups is 1. The monoisotopic (exact) mass is 273 g/mol. The molecule has 3 unspecified atom stereocenters. The van der Waals surface area contributed by atoms with Crippen molar-refractivity contribution < 1.29 is 14.6 Å². The normalized spacial score (nSPS) is 43.9. The summed E-state index contributed by atoms with van der Waals surface area (Å²) >= 11 is 6.14. The van der Waals surface area contributed by atoms with Gasteiger partial charge in [0, 0.05) is 11.8 Å². The van der Waals surface area contributed by atoms with Crippen LogP contribution >= 0.6 is 11.6 Å². The van der Waals surface area contributed by atoms with Crippen LogP contribution in [0.2, 0.25) is 0 Å². The van der Waals surface area contributed by atoms with E-state index >= 15 is 0 Å². The van der Waals surface area contributed by atoms with Gasteiger partial charge in [-0.25, -0.2) is 4.99 Å². The van der Waals surface area contributed by atoms with Crippen molar-refractivity contribution in [2.24, 2.45) is 4.99 Å². The van der Waals surface area contributed by atoms with Crippen LogP contribution in [0.4, 0.5) is 0 Å². The lowest BCUT2D eigenvalue weighted by Crippen LogP contribution is -2.32. The second kappa shape index (κ2) is 5.25. The van der Waals surface area contributed by atoms with Crippen LogP contribution in [0.3, 0.4) is 0 Å². The lowest BCUT2D eigenvalue weighted by Gasteiger charge is -2.27. The summed E-state index contributed by atoms with van der Waals surface area (Å²) in [6, 6.07) is 0.240. The number of hydrogen-bond donors (Lipinski definition) is 1. The summed E-state index contributed by atoms with van der Waals surface area (Å²) in [6.07, 6.45) is 6.84. The first kappa shape index (κ1) is 12.5. The van der Waals surface area contributed by atoms with Crippen LogP contribution in [0.25, 0.3) is 0 Å². The molecule has 2 fully saturated rings. The summed E-state index contributed by atoms with van der Waals surface area (Å²) in [7, 11) is 0. The SMILES string of the molecule is OC1CCC(OC2=NC3CCC(Cl)CC3O2)CC1. The van der Waals surface area contributed by atoms with Gasteiger partial charge in [-0.05, 0) is 38.5 Å². The molecule has 1 N–H and O–H groups in total. The first-order valence-corrected chi connectivity index (χ1v) is 7.37. The fourth-order valence-electron chi connectivity index (χ4n) is 3.00. The van der Waals surface area contributed by atoms with Gasteiger partial charge < -0.3 is 14.6 Å². The van der Waals surface area contributed by atoms with E-state index in [1.807, 2.05) is 0 Å². The minimum atomic E-state index is -0.157. The van der Waals surface area contributed by atoms with Crippen molar-refractivity contribution >= 4 is 17.7 Å². The fourth-order valence-corrected chi connectivity index (χ4v) is 3.30. The highest BCUT2D eigenvalue weighted by molar-refractivity contribution is 6.20. The zero-order chi connectivity index (χ0) is 12.5. The fraction of sp³-hybridized carbons (Fsp3) is 0.923. The molecule has 3 aliphatic rings. The number of ether oxygens (including phenoxy) is 2. The lowest BCUT2D eigenvalue weighted by atomic mass is 9.93. The predicted molar refractivity (Wildman–Crippen MR) is 68.9 cm³/mol. The Morgan fingerprint density at radius 1 is 1.17 bits per heavy atom. The van der Waals surface area contributed by atoms with Crippen molar-refractivity contribution in [1.82, 2.24) is 0 Å². The van der Waals surface area contributed by atoms with Crippen molar-refractivity contribution in [1.29, 1.82) is 0 Å². The Labute approximate surface area is 112 Å². The van der Waals surface area contributed by atoms with E-state index in [9.17, 15) is 5.11 Å². The van der Waals surface area contributed by atoms with Gasteiger partial charge in [-0.2, -0.15) is 0 Å². The quantitative estimate of drug-likeness (QED) is 0.746. The molecule has 0 spiro atoms. The Kier molecular flexibility index (Phi) is 3.66. The van der Waals surface area contributed by atoms with Crippen molar-refractivity contribution in [3.05, 3.63) is 0 Å². The molecule has 1 heterocycles. The molecular formula is C13H20ClNO3. The van der Waals surface area contributed by atoms with Crippen LogP contribution in [0.5, 0.6) is 0 Å². The number of aliphatic imine (C=N–C) groups is 1. The van der Waals surface area contributed by atoms with Gasteiger partial charge in [0.25, 0.3) is 0 Å². The minimum Gasteiger partial charge on any atom is -0.447 e. The molecule has 0 aromatic carbocycles. The molecule has 102 valence electrons. The van der Waals surface area contributed by atoms with Crippen LogP contribution in [-0.2, 0) is 9.47 Å². The first-order valence-electron chi connectivity index (χ1n) is 6.94. The maximum atomic E-state index is 9.45. The van der Waals surface area contributed by atoms with Crippen LogP contribution in [0.1, 0.15) is 44.9 Å². The molecule has 0 saturated heterocycles. The lowest BCUT2D eigenvalue weighted by molar-refractivity contribution is 0.0291. The summed E-state index contributed by atoms with van der Waals surface area (Å²) in [5.74, 6) is 0. The van der Waals surface area contributed by atoms with E-state index in [1.54, 1.807) is 0 Å². The van der Waals surface area contributed by atoms with Gasteiger partial charge in [0.2, 0.25) is 0 Å². The van der Waals surface area contributed by atoms with E-state index in [0.29, 0.717) is 6.08 Å². The van der Waals surface area contributed by atoms with Crippen molar-refractivity contribution in [2.75, 3.05) is 0 Å². The van der Waals surface area contributed by atoms with Crippen LogP contribution in [0.15, 0.2) is 4.99 Å². The van der Waals surface area contributed by atoms with Crippen LogP contribution in [-0.4, -0.2) is 40.9 Å². The maximum Gasteiger partial charge on any atom is 0.384 e. The second-order valence-corrected chi connectivity index (χ2v) is 6.19. The first-order chi connectivity index (χ1) is 8.70. The number of aliphatic hydroxyl groups excluding tert-OH is 1. The summed E-state index contributed by atoms with van der Waals surface area (Å²) in [5.41, 5.74) is 0. The van der Waals surface area contributed by atoms with Crippen molar-refractivity contribution in [3.8, 4) is 0 Å². The van der Waals surface area contributed by atoms with E-state index in [2.05, 4.69) is 4.99 Å². The zero-order valence-electron chi connectivity index (χ0n) is 10.4. The molecule has 0 bridgehead atoms. The van der Waals surface area contributed by atoms with Crippen molar-refractivity contribution in [2.45, 2.75) is 74.7 Å². The number of fused-ring (bicyclic) bond motifs is 1. The highest BCUT2D eigenvalue weighted by Crippen LogP contribution is 2.32. The van der Waals surface area contributed by atoms with Crippen molar-refractivity contribution in [3.63, 3.8) is 0 Å². The molecule has 0 amide bonds. The summed E-state index contributed by atoms with van der Waals surface area (Å²) < 4.78 is 11.5. The van der Waals surface area contributed by atoms with Crippen LogP contribution in [0, 0.1) is 0 Å². The van der Waals surface area contributed by atoms with E-state index in [1.165, 1.54) is 0 Å². The molecule has 18 heavy (non-hydrogen) atoms.